The molecule has 0 bridgehead atoms. The molecule has 4 aromatic rings. The highest BCUT2D eigenvalue weighted by Crippen LogP contribution is 2.30. The van der Waals surface area contributed by atoms with E-state index in [2.05, 4.69) is 59.4 Å². The Morgan fingerprint density at radius 1 is 1.16 bits per heavy atom. The Morgan fingerprint density at radius 2 is 1.95 bits per heavy atom. The van der Waals surface area contributed by atoms with Crippen molar-refractivity contribution in [3.05, 3.63) is 81.4 Å². The number of phenols is 1. The first-order valence-corrected chi connectivity index (χ1v) is 12.5. The van der Waals surface area contributed by atoms with Crippen LogP contribution in [0.1, 0.15) is 35.1 Å². The maximum absolute atomic E-state index is 14.0. The molecule has 0 spiro atoms. The summed E-state index contributed by atoms with van der Waals surface area (Å²) in [5.41, 5.74) is 5.84. The van der Waals surface area contributed by atoms with Crippen LogP contribution in [-0.4, -0.2) is 50.9 Å². The minimum absolute atomic E-state index is 0.103. The van der Waals surface area contributed by atoms with E-state index in [1.54, 1.807) is 12.3 Å². The van der Waals surface area contributed by atoms with Crippen LogP contribution in [0.2, 0.25) is 0 Å². The third-order valence-corrected chi connectivity index (χ3v) is 6.85. The summed E-state index contributed by atoms with van der Waals surface area (Å²) in [7, 11) is 2.08. The van der Waals surface area contributed by atoms with Crippen LogP contribution in [0.3, 0.4) is 0 Å². The van der Waals surface area contributed by atoms with Gasteiger partial charge >= 0.3 is 0 Å². The first-order valence-electron chi connectivity index (χ1n) is 12.5. The van der Waals surface area contributed by atoms with Gasteiger partial charge in [-0.3, -0.25) is 9.78 Å². The Balaban J connectivity index is 1.71. The van der Waals surface area contributed by atoms with E-state index in [1.807, 2.05) is 12.3 Å². The Morgan fingerprint density at radius 3 is 2.65 bits per heavy atom. The molecule has 3 heterocycles. The molecule has 1 fully saturated rings. The van der Waals surface area contributed by atoms with Gasteiger partial charge in [-0.05, 0) is 63.5 Å². The Kier molecular flexibility index (Phi) is 6.74. The average molecular weight is 495 g/mol. The number of fused-ring (bicyclic) bond motifs is 1. The standard InChI is InChI=1S/C29H30N6O2/c1-18-7-19(2)9-21(8-18)25-14-32-27-15-33-35(23-10-20(13-30)11-24(36)12-23)29(37)28(27)26(25)17-34(3)16-22-5-4-6-31-22/h7-12,14-15,22,31,36H,4-6,16-17H2,1-3H3/t22-/m0/s1. The maximum Gasteiger partial charge on any atom is 0.281 e. The average Bonchev–Trinajstić information content (AvgIpc) is 3.36. The summed E-state index contributed by atoms with van der Waals surface area (Å²) in [6.45, 7) is 6.59. The molecule has 1 atom stereocenters. The molecule has 1 aliphatic rings. The van der Waals surface area contributed by atoms with Crippen molar-refractivity contribution in [1.29, 1.82) is 5.26 Å². The number of phenolic OH excluding ortho intramolecular Hbond substituents is 1. The lowest BCUT2D eigenvalue weighted by atomic mass is 9.95. The monoisotopic (exact) mass is 494 g/mol. The quantitative estimate of drug-likeness (QED) is 0.420. The number of rotatable bonds is 6. The van der Waals surface area contributed by atoms with Crippen molar-refractivity contribution in [3.63, 3.8) is 0 Å². The number of nitriles is 1. The second kappa shape index (κ2) is 10.1. The van der Waals surface area contributed by atoms with Crippen molar-refractivity contribution in [2.75, 3.05) is 20.1 Å². The van der Waals surface area contributed by atoms with Crippen molar-refractivity contribution in [1.82, 2.24) is 25.0 Å². The molecule has 0 unspecified atom stereocenters. The number of hydrogen-bond donors (Lipinski definition) is 2. The van der Waals surface area contributed by atoms with Crippen molar-refractivity contribution in [2.45, 2.75) is 39.3 Å². The fourth-order valence-corrected chi connectivity index (χ4v) is 5.31. The SMILES string of the molecule is Cc1cc(C)cc(-c2cnc3cnn(-c4cc(O)cc(C#N)c4)c(=O)c3c2CN(C)C[C@@H]2CCCN2)c1. The normalized spacial score (nSPS) is 15.4. The van der Waals surface area contributed by atoms with E-state index in [1.165, 1.54) is 23.2 Å². The summed E-state index contributed by atoms with van der Waals surface area (Å²) in [6, 6.07) is 13.1. The third kappa shape index (κ3) is 5.10. The van der Waals surface area contributed by atoms with Gasteiger partial charge in [0.05, 0.1) is 34.4 Å². The van der Waals surface area contributed by atoms with E-state index in [0.717, 1.165) is 47.3 Å². The van der Waals surface area contributed by atoms with Crippen molar-refractivity contribution >= 4 is 10.9 Å². The van der Waals surface area contributed by atoms with Crippen LogP contribution < -0.4 is 10.9 Å². The molecule has 2 aromatic heterocycles. The van der Waals surface area contributed by atoms with Crippen molar-refractivity contribution in [3.8, 4) is 28.6 Å². The van der Waals surface area contributed by atoms with Crippen LogP contribution in [0.5, 0.6) is 5.75 Å². The summed E-state index contributed by atoms with van der Waals surface area (Å²) in [6.07, 6.45) is 5.72. The summed E-state index contributed by atoms with van der Waals surface area (Å²) >= 11 is 0. The number of benzene rings is 2. The zero-order valence-electron chi connectivity index (χ0n) is 21.3. The Labute approximate surface area is 215 Å². The molecule has 188 valence electrons. The van der Waals surface area contributed by atoms with E-state index < -0.39 is 0 Å². The maximum atomic E-state index is 14.0. The highest BCUT2D eigenvalue weighted by molar-refractivity contribution is 5.87. The molecule has 1 aliphatic heterocycles. The van der Waals surface area contributed by atoms with Gasteiger partial charge in [-0.15, -0.1) is 0 Å². The second-order valence-electron chi connectivity index (χ2n) is 9.99. The number of pyridine rings is 1. The molecule has 2 aromatic carbocycles. The van der Waals surface area contributed by atoms with Crippen LogP contribution in [0, 0.1) is 25.2 Å². The fraction of sp³-hybridized carbons (Fsp3) is 0.310. The van der Waals surface area contributed by atoms with E-state index >= 15 is 0 Å². The zero-order valence-corrected chi connectivity index (χ0v) is 21.3. The number of hydrogen-bond acceptors (Lipinski definition) is 7. The number of nitrogens with zero attached hydrogens (tertiary/aromatic N) is 5. The van der Waals surface area contributed by atoms with E-state index in [-0.39, 0.29) is 16.9 Å². The van der Waals surface area contributed by atoms with Gasteiger partial charge in [0, 0.05) is 37.0 Å². The molecule has 1 saturated heterocycles. The third-order valence-electron chi connectivity index (χ3n) is 6.85. The molecule has 2 N–H and O–H groups in total. The van der Waals surface area contributed by atoms with E-state index in [0.29, 0.717) is 29.2 Å². The molecule has 37 heavy (non-hydrogen) atoms. The molecular formula is C29H30N6O2. The lowest BCUT2D eigenvalue weighted by molar-refractivity contribution is 0.294. The van der Waals surface area contributed by atoms with Gasteiger partial charge < -0.3 is 15.3 Å². The lowest BCUT2D eigenvalue weighted by Gasteiger charge is -2.23. The topological polar surface area (TPSA) is 107 Å². The molecular weight excluding hydrogens is 464 g/mol. The Bertz CT molecular complexity index is 1560. The van der Waals surface area contributed by atoms with Crippen LogP contribution in [-0.2, 0) is 6.54 Å². The first kappa shape index (κ1) is 24.6. The van der Waals surface area contributed by atoms with E-state index in [9.17, 15) is 15.2 Å². The summed E-state index contributed by atoms with van der Waals surface area (Å²) in [5.74, 6) is -0.103. The fourth-order valence-electron chi connectivity index (χ4n) is 5.31. The number of nitrogens with one attached hydrogen (secondary N) is 1. The summed E-state index contributed by atoms with van der Waals surface area (Å²) in [5, 5.41) is 27.8. The van der Waals surface area contributed by atoms with Crippen LogP contribution in [0.4, 0.5) is 0 Å². The zero-order chi connectivity index (χ0) is 26.1. The van der Waals surface area contributed by atoms with Crippen LogP contribution in [0.15, 0.2) is 53.6 Å². The minimum atomic E-state index is -0.340. The molecule has 5 rings (SSSR count). The largest absolute Gasteiger partial charge is 0.508 e. The van der Waals surface area contributed by atoms with Gasteiger partial charge in [0.15, 0.2) is 0 Å². The predicted molar refractivity (Wildman–Crippen MR) is 144 cm³/mol. The van der Waals surface area contributed by atoms with Gasteiger partial charge in [-0.2, -0.15) is 15.0 Å². The predicted octanol–water partition coefficient (Wildman–Crippen LogP) is 3.83. The molecule has 0 saturated carbocycles. The van der Waals surface area contributed by atoms with Crippen molar-refractivity contribution in [2.24, 2.45) is 0 Å². The highest BCUT2D eigenvalue weighted by atomic mass is 16.3. The number of aromatic nitrogens is 3. The summed E-state index contributed by atoms with van der Waals surface area (Å²) < 4.78 is 1.23. The molecule has 0 radical (unpaired) electrons. The minimum Gasteiger partial charge on any atom is -0.508 e. The van der Waals surface area contributed by atoms with Crippen molar-refractivity contribution < 1.29 is 5.11 Å². The summed E-state index contributed by atoms with van der Waals surface area (Å²) in [4.78, 5) is 20.8. The van der Waals surface area contributed by atoms with Crippen LogP contribution >= 0.6 is 0 Å². The highest BCUT2D eigenvalue weighted by Gasteiger charge is 2.21. The second-order valence-corrected chi connectivity index (χ2v) is 9.99. The number of likely N-dealkylation sites (N-methyl/N-ethyl adjacent to an activating group) is 1. The van der Waals surface area contributed by atoms with Gasteiger partial charge in [-0.25, -0.2) is 0 Å². The van der Waals surface area contributed by atoms with Gasteiger partial charge in [0.1, 0.15) is 5.75 Å². The molecule has 8 nitrogen and oxygen atoms in total. The van der Waals surface area contributed by atoms with E-state index in [4.69, 9.17) is 0 Å². The molecule has 0 amide bonds. The van der Waals surface area contributed by atoms with Gasteiger partial charge in [0.2, 0.25) is 0 Å². The molecule has 0 aliphatic carbocycles. The van der Waals surface area contributed by atoms with Crippen LogP contribution in [0.25, 0.3) is 27.7 Å². The van der Waals surface area contributed by atoms with Gasteiger partial charge in [0.25, 0.3) is 5.56 Å². The van der Waals surface area contributed by atoms with Gasteiger partial charge in [-0.1, -0.05) is 29.3 Å². The Hall–Kier alpha value is -4.06. The smallest absolute Gasteiger partial charge is 0.281 e. The molecule has 8 heteroatoms. The number of aryl methyl sites for hydroxylation is 2. The first-order chi connectivity index (χ1) is 17.8. The lowest BCUT2D eigenvalue weighted by Crippen LogP contribution is -2.35. The number of aromatic hydroxyl groups is 1.